The van der Waals surface area contributed by atoms with Crippen molar-refractivity contribution in [2.24, 2.45) is 5.92 Å². The van der Waals surface area contributed by atoms with Gasteiger partial charge in [0.05, 0.1) is 17.8 Å². The minimum absolute atomic E-state index is 0.221. The molecule has 1 aromatic heterocycles. The summed E-state index contributed by atoms with van der Waals surface area (Å²) in [6.07, 6.45) is 7.79. The summed E-state index contributed by atoms with van der Waals surface area (Å²) in [6.45, 7) is 12.9. The Hall–Kier alpha value is -1.65. The fourth-order valence-corrected chi connectivity index (χ4v) is 3.96. The maximum atomic E-state index is 11.5. The summed E-state index contributed by atoms with van der Waals surface area (Å²) in [7, 11) is -1.73. The van der Waals surface area contributed by atoms with Crippen LogP contribution in [0.2, 0.25) is 18.1 Å². The summed E-state index contributed by atoms with van der Waals surface area (Å²) in [5.41, 5.74) is 3.12. The highest BCUT2D eigenvalue weighted by Gasteiger charge is 2.36. The second-order valence-electron chi connectivity index (χ2n) is 9.00. The van der Waals surface area contributed by atoms with Crippen molar-refractivity contribution in [1.82, 2.24) is 4.57 Å². The number of nitrogens with zero attached hydrogens (tertiary/aromatic N) is 1. The molecule has 2 aromatic rings. The molecule has 4 heteroatoms. The fraction of sp³-hybridized carbons (Fsp3) is 0.500. The van der Waals surface area contributed by atoms with Crippen molar-refractivity contribution in [3.63, 3.8) is 0 Å². The molecule has 0 spiro atoms. The molecular weight excluding hydrogens is 338 g/mol. The highest BCUT2D eigenvalue weighted by Crippen LogP contribution is 2.36. The van der Waals surface area contributed by atoms with Crippen molar-refractivity contribution in [1.29, 1.82) is 0 Å². The standard InChI is InChI=1S/C22H31NO2Si/c1-22(2,3)26(4,5)25-13-7-10-18-8-6-9-19-14-20(16-24)23(21(18)19)15-17-11-12-17/h6-10,14,16-17H,11-13,15H2,1-5H3. The molecule has 1 fully saturated rings. The van der Waals surface area contributed by atoms with Gasteiger partial charge in [0.25, 0.3) is 0 Å². The van der Waals surface area contributed by atoms with E-state index in [1.165, 1.54) is 18.4 Å². The quantitative estimate of drug-likeness (QED) is 0.449. The molecular formula is C22H31NO2Si. The van der Waals surface area contributed by atoms with E-state index in [2.05, 4.69) is 68.8 Å². The van der Waals surface area contributed by atoms with Gasteiger partial charge < -0.3 is 8.99 Å². The van der Waals surface area contributed by atoms with Crippen molar-refractivity contribution >= 4 is 31.6 Å². The van der Waals surface area contributed by atoms with E-state index in [4.69, 9.17) is 4.43 Å². The van der Waals surface area contributed by atoms with E-state index < -0.39 is 8.32 Å². The van der Waals surface area contributed by atoms with Crippen molar-refractivity contribution in [3.05, 3.63) is 41.6 Å². The zero-order valence-corrected chi connectivity index (χ0v) is 17.7. The molecule has 3 rings (SSSR count). The molecule has 0 radical (unpaired) electrons. The van der Waals surface area contributed by atoms with Crippen LogP contribution in [0.5, 0.6) is 0 Å². The molecule has 1 aliphatic carbocycles. The summed E-state index contributed by atoms with van der Waals surface area (Å²) in [4.78, 5) is 11.5. The zero-order valence-electron chi connectivity index (χ0n) is 16.7. The number of hydrogen-bond acceptors (Lipinski definition) is 2. The first-order valence-corrected chi connectivity index (χ1v) is 12.5. The molecule has 0 aliphatic heterocycles. The van der Waals surface area contributed by atoms with Crippen LogP contribution in [0.15, 0.2) is 30.3 Å². The average Bonchev–Trinajstić information content (AvgIpc) is 3.31. The summed E-state index contributed by atoms with van der Waals surface area (Å²) in [5.74, 6) is 0.725. The first kappa shape index (κ1) is 19.1. The molecule has 0 saturated heterocycles. The Morgan fingerprint density at radius 2 is 2.00 bits per heavy atom. The van der Waals surface area contributed by atoms with Crippen molar-refractivity contribution in [2.75, 3.05) is 6.61 Å². The first-order valence-electron chi connectivity index (χ1n) is 9.61. The Bertz CT molecular complexity index is 823. The monoisotopic (exact) mass is 369 g/mol. The fourth-order valence-electron chi connectivity index (χ4n) is 3.01. The van der Waals surface area contributed by atoms with Crippen LogP contribution in [0.3, 0.4) is 0 Å². The number of hydrogen-bond donors (Lipinski definition) is 0. The van der Waals surface area contributed by atoms with Crippen LogP contribution in [0.4, 0.5) is 0 Å². The lowest BCUT2D eigenvalue weighted by atomic mass is 10.1. The first-order chi connectivity index (χ1) is 12.2. The van der Waals surface area contributed by atoms with Gasteiger partial charge in [0.2, 0.25) is 0 Å². The SMILES string of the molecule is CC(C)(C)[Si](C)(C)OCC=Cc1cccc2cc(C=O)n(CC3CC3)c12. The van der Waals surface area contributed by atoms with Crippen LogP contribution in [0.1, 0.15) is 49.7 Å². The Morgan fingerprint density at radius 1 is 1.27 bits per heavy atom. The predicted molar refractivity (Wildman–Crippen MR) is 112 cm³/mol. The number of rotatable bonds is 7. The molecule has 0 N–H and O–H groups in total. The third-order valence-corrected chi connectivity index (χ3v) is 10.4. The molecule has 0 unspecified atom stereocenters. The maximum Gasteiger partial charge on any atom is 0.192 e. The third kappa shape index (κ3) is 4.02. The number of fused-ring (bicyclic) bond motifs is 1. The molecule has 0 bridgehead atoms. The van der Waals surface area contributed by atoms with Gasteiger partial charge in [-0.2, -0.15) is 0 Å². The topological polar surface area (TPSA) is 31.2 Å². The number of carbonyl (C=O) groups is 1. The van der Waals surface area contributed by atoms with E-state index in [1.807, 2.05) is 6.07 Å². The van der Waals surface area contributed by atoms with Gasteiger partial charge in [-0.15, -0.1) is 0 Å². The molecule has 26 heavy (non-hydrogen) atoms. The highest BCUT2D eigenvalue weighted by molar-refractivity contribution is 6.74. The molecule has 0 amide bonds. The number of aromatic nitrogens is 1. The van der Waals surface area contributed by atoms with E-state index in [0.717, 1.165) is 35.4 Å². The van der Waals surface area contributed by atoms with Gasteiger partial charge in [0.15, 0.2) is 14.6 Å². The van der Waals surface area contributed by atoms with E-state index in [1.54, 1.807) is 0 Å². The third-order valence-electron chi connectivity index (χ3n) is 5.89. The summed E-state index contributed by atoms with van der Waals surface area (Å²) in [6, 6.07) is 8.29. The number of benzene rings is 1. The van der Waals surface area contributed by atoms with Crippen LogP contribution in [0.25, 0.3) is 17.0 Å². The van der Waals surface area contributed by atoms with Crippen LogP contribution in [-0.2, 0) is 11.0 Å². The van der Waals surface area contributed by atoms with Gasteiger partial charge in [0.1, 0.15) is 0 Å². The van der Waals surface area contributed by atoms with Gasteiger partial charge in [-0.05, 0) is 48.5 Å². The molecule has 1 saturated carbocycles. The minimum atomic E-state index is -1.73. The number of carbonyl (C=O) groups excluding carboxylic acids is 1. The Morgan fingerprint density at radius 3 is 2.62 bits per heavy atom. The zero-order chi connectivity index (χ0) is 18.9. The van der Waals surface area contributed by atoms with Crippen molar-refractivity contribution in [3.8, 4) is 0 Å². The second-order valence-corrected chi connectivity index (χ2v) is 13.8. The minimum Gasteiger partial charge on any atom is -0.413 e. The number of aldehydes is 1. The van der Waals surface area contributed by atoms with Crippen LogP contribution < -0.4 is 0 Å². The van der Waals surface area contributed by atoms with Gasteiger partial charge >= 0.3 is 0 Å². The lowest BCUT2D eigenvalue weighted by Crippen LogP contribution is -2.40. The Balaban J connectivity index is 1.83. The van der Waals surface area contributed by atoms with Gasteiger partial charge in [-0.1, -0.05) is 51.1 Å². The van der Waals surface area contributed by atoms with Crippen LogP contribution >= 0.6 is 0 Å². The van der Waals surface area contributed by atoms with Gasteiger partial charge in [-0.25, -0.2) is 0 Å². The number of para-hydroxylation sites is 1. The Labute approximate surface area is 158 Å². The highest BCUT2D eigenvalue weighted by atomic mass is 28.4. The maximum absolute atomic E-state index is 11.5. The van der Waals surface area contributed by atoms with Crippen molar-refractivity contribution < 1.29 is 9.22 Å². The summed E-state index contributed by atoms with van der Waals surface area (Å²) >= 11 is 0. The molecule has 0 atom stereocenters. The predicted octanol–water partition coefficient (Wildman–Crippen LogP) is 5.90. The van der Waals surface area contributed by atoms with Crippen molar-refractivity contribution in [2.45, 2.75) is 58.3 Å². The smallest absolute Gasteiger partial charge is 0.192 e. The van der Waals surface area contributed by atoms with E-state index in [9.17, 15) is 4.79 Å². The van der Waals surface area contributed by atoms with Crippen LogP contribution in [0, 0.1) is 5.92 Å². The second kappa shape index (κ2) is 7.16. The molecule has 1 aromatic carbocycles. The van der Waals surface area contributed by atoms with Crippen LogP contribution in [-0.4, -0.2) is 25.8 Å². The summed E-state index contributed by atoms with van der Waals surface area (Å²) < 4.78 is 8.45. The molecule has 1 heterocycles. The van der Waals surface area contributed by atoms with E-state index in [0.29, 0.717) is 6.61 Å². The Kier molecular flexibility index (Phi) is 5.27. The molecule has 1 aliphatic rings. The van der Waals surface area contributed by atoms with E-state index in [-0.39, 0.29) is 5.04 Å². The largest absolute Gasteiger partial charge is 0.413 e. The lowest BCUT2D eigenvalue weighted by Gasteiger charge is -2.35. The summed E-state index contributed by atoms with van der Waals surface area (Å²) in [5, 5.41) is 1.36. The molecule has 3 nitrogen and oxygen atoms in total. The average molecular weight is 370 g/mol. The normalized spacial score (nSPS) is 15.9. The van der Waals surface area contributed by atoms with E-state index >= 15 is 0 Å². The molecule has 140 valence electrons. The van der Waals surface area contributed by atoms with Gasteiger partial charge in [-0.3, -0.25) is 4.79 Å². The van der Waals surface area contributed by atoms with Gasteiger partial charge in [0, 0.05) is 11.9 Å². The lowest BCUT2D eigenvalue weighted by molar-refractivity contribution is 0.111.